The minimum atomic E-state index is 0.0836. The monoisotopic (exact) mass is 290 g/mol. The number of rotatable bonds is 4. The predicted molar refractivity (Wildman–Crippen MR) is 80.1 cm³/mol. The van der Waals surface area contributed by atoms with E-state index in [2.05, 4.69) is 0 Å². The third-order valence-corrected chi connectivity index (χ3v) is 3.86. The summed E-state index contributed by atoms with van der Waals surface area (Å²) in [4.78, 5) is 27.1. The van der Waals surface area contributed by atoms with Crippen molar-refractivity contribution in [3.8, 4) is 5.75 Å². The van der Waals surface area contributed by atoms with Crippen LogP contribution in [0.1, 0.15) is 18.9 Å². The van der Waals surface area contributed by atoms with E-state index in [1.807, 2.05) is 29.2 Å². The van der Waals surface area contributed by atoms with Gasteiger partial charge in [-0.2, -0.15) is 0 Å². The van der Waals surface area contributed by atoms with Gasteiger partial charge in [0.2, 0.25) is 11.8 Å². The normalized spacial score (nSPS) is 15.0. The second kappa shape index (κ2) is 7.11. The van der Waals surface area contributed by atoms with Gasteiger partial charge in [0.05, 0.1) is 7.11 Å². The number of carbonyl (C=O) groups is 2. The third kappa shape index (κ3) is 4.21. The molecule has 2 amide bonds. The first-order valence-electron chi connectivity index (χ1n) is 7.26. The lowest BCUT2D eigenvalue weighted by Crippen LogP contribution is -2.50. The molecule has 0 atom stereocenters. The minimum absolute atomic E-state index is 0.0836. The Labute approximate surface area is 125 Å². The van der Waals surface area contributed by atoms with Gasteiger partial charge in [0.25, 0.3) is 0 Å². The third-order valence-electron chi connectivity index (χ3n) is 3.86. The molecule has 0 aliphatic carbocycles. The first kappa shape index (κ1) is 15.4. The molecule has 1 aliphatic rings. The molecule has 1 heterocycles. The summed E-state index contributed by atoms with van der Waals surface area (Å²) in [5.41, 5.74) is 1.13. The van der Waals surface area contributed by atoms with E-state index in [-0.39, 0.29) is 11.8 Å². The van der Waals surface area contributed by atoms with E-state index in [0.29, 0.717) is 32.6 Å². The van der Waals surface area contributed by atoms with Crippen LogP contribution in [0.15, 0.2) is 24.3 Å². The van der Waals surface area contributed by atoms with Crippen molar-refractivity contribution in [2.24, 2.45) is 0 Å². The fraction of sp³-hybridized carbons (Fsp3) is 0.500. The summed E-state index contributed by atoms with van der Waals surface area (Å²) in [7, 11) is 1.64. The van der Waals surface area contributed by atoms with Crippen LogP contribution in [0.4, 0.5) is 0 Å². The van der Waals surface area contributed by atoms with Gasteiger partial charge in [-0.05, 0) is 24.1 Å². The van der Waals surface area contributed by atoms with Crippen molar-refractivity contribution in [1.82, 2.24) is 9.80 Å². The molecule has 0 radical (unpaired) electrons. The number of carbonyl (C=O) groups excluding carboxylic acids is 2. The van der Waals surface area contributed by atoms with Crippen LogP contribution in [-0.2, 0) is 16.0 Å². The Kier molecular flexibility index (Phi) is 5.20. The minimum Gasteiger partial charge on any atom is -0.497 e. The van der Waals surface area contributed by atoms with Crippen molar-refractivity contribution in [2.45, 2.75) is 19.8 Å². The summed E-state index contributed by atoms with van der Waals surface area (Å²) >= 11 is 0. The van der Waals surface area contributed by atoms with Gasteiger partial charge in [-0.25, -0.2) is 0 Å². The topological polar surface area (TPSA) is 49.9 Å². The standard InChI is InChI=1S/C16H22N2O3/c1-13(19)17-9-11-18(12-10-17)16(20)8-5-14-3-6-15(21-2)7-4-14/h3-4,6-7H,5,8-12H2,1-2H3. The van der Waals surface area contributed by atoms with Crippen molar-refractivity contribution >= 4 is 11.8 Å². The highest BCUT2D eigenvalue weighted by Gasteiger charge is 2.21. The van der Waals surface area contributed by atoms with Gasteiger partial charge < -0.3 is 14.5 Å². The van der Waals surface area contributed by atoms with E-state index < -0.39 is 0 Å². The SMILES string of the molecule is COc1ccc(CCC(=O)N2CCN(C(C)=O)CC2)cc1. The molecule has 1 aliphatic heterocycles. The zero-order valence-corrected chi connectivity index (χ0v) is 12.7. The van der Waals surface area contributed by atoms with E-state index in [4.69, 9.17) is 4.74 Å². The molecule has 5 heteroatoms. The Morgan fingerprint density at radius 2 is 1.62 bits per heavy atom. The van der Waals surface area contributed by atoms with Gasteiger partial charge in [0, 0.05) is 39.5 Å². The van der Waals surface area contributed by atoms with Crippen molar-refractivity contribution in [1.29, 1.82) is 0 Å². The maximum absolute atomic E-state index is 12.2. The molecule has 0 unspecified atom stereocenters. The summed E-state index contributed by atoms with van der Waals surface area (Å²) in [6, 6.07) is 7.79. The number of aryl methyl sites for hydroxylation is 1. The highest BCUT2D eigenvalue weighted by atomic mass is 16.5. The van der Waals surface area contributed by atoms with Crippen LogP contribution in [0.5, 0.6) is 5.75 Å². The number of hydrogen-bond donors (Lipinski definition) is 0. The van der Waals surface area contributed by atoms with Gasteiger partial charge in [-0.3, -0.25) is 9.59 Å². The Morgan fingerprint density at radius 3 is 2.14 bits per heavy atom. The Bertz CT molecular complexity index is 491. The molecular weight excluding hydrogens is 268 g/mol. The lowest BCUT2D eigenvalue weighted by molar-refractivity contribution is -0.138. The zero-order chi connectivity index (χ0) is 15.2. The molecule has 0 aromatic heterocycles. The zero-order valence-electron chi connectivity index (χ0n) is 12.7. The number of piperazine rings is 1. The van der Waals surface area contributed by atoms with E-state index >= 15 is 0 Å². The maximum atomic E-state index is 12.2. The first-order valence-corrected chi connectivity index (χ1v) is 7.26. The molecule has 114 valence electrons. The molecule has 1 aromatic carbocycles. The van der Waals surface area contributed by atoms with E-state index in [1.54, 1.807) is 18.9 Å². The average Bonchev–Trinajstić information content (AvgIpc) is 2.53. The number of benzene rings is 1. The summed E-state index contributed by atoms with van der Waals surface area (Å²) in [5, 5.41) is 0. The molecule has 0 spiro atoms. The van der Waals surface area contributed by atoms with Crippen LogP contribution in [0.25, 0.3) is 0 Å². The van der Waals surface area contributed by atoms with E-state index in [1.165, 1.54) is 0 Å². The second-order valence-corrected chi connectivity index (χ2v) is 5.23. The number of nitrogens with zero attached hydrogens (tertiary/aromatic N) is 2. The quantitative estimate of drug-likeness (QED) is 0.840. The fourth-order valence-corrected chi connectivity index (χ4v) is 2.47. The average molecular weight is 290 g/mol. The summed E-state index contributed by atoms with van der Waals surface area (Å²) in [5.74, 6) is 1.07. The Balaban J connectivity index is 1.78. The number of methoxy groups -OCH3 is 1. The van der Waals surface area contributed by atoms with Gasteiger partial charge in [0.15, 0.2) is 0 Å². The number of hydrogen-bond acceptors (Lipinski definition) is 3. The first-order chi connectivity index (χ1) is 10.1. The molecular formula is C16H22N2O3. The number of amides is 2. The molecule has 1 fully saturated rings. The van der Waals surface area contributed by atoms with Crippen molar-refractivity contribution in [2.75, 3.05) is 33.3 Å². The second-order valence-electron chi connectivity index (χ2n) is 5.23. The highest BCUT2D eigenvalue weighted by Crippen LogP contribution is 2.13. The molecule has 5 nitrogen and oxygen atoms in total. The van der Waals surface area contributed by atoms with Crippen molar-refractivity contribution in [3.63, 3.8) is 0 Å². The van der Waals surface area contributed by atoms with Crippen LogP contribution in [0.2, 0.25) is 0 Å². The largest absolute Gasteiger partial charge is 0.497 e. The Hall–Kier alpha value is -2.04. The van der Waals surface area contributed by atoms with Gasteiger partial charge in [-0.15, -0.1) is 0 Å². The molecule has 1 aromatic rings. The van der Waals surface area contributed by atoms with Gasteiger partial charge >= 0.3 is 0 Å². The van der Waals surface area contributed by atoms with E-state index in [9.17, 15) is 9.59 Å². The lowest BCUT2D eigenvalue weighted by Gasteiger charge is -2.34. The molecule has 0 saturated carbocycles. The molecule has 21 heavy (non-hydrogen) atoms. The summed E-state index contributed by atoms with van der Waals surface area (Å²) < 4.78 is 5.11. The highest BCUT2D eigenvalue weighted by molar-refractivity contribution is 5.77. The molecule has 0 bridgehead atoms. The van der Waals surface area contributed by atoms with E-state index in [0.717, 1.165) is 17.7 Å². The van der Waals surface area contributed by atoms with Crippen molar-refractivity contribution in [3.05, 3.63) is 29.8 Å². The van der Waals surface area contributed by atoms with Crippen LogP contribution in [-0.4, -0.2) is 54.9 Å². The lowest BCUT2D eigenvalue weighted by atomic mass is 10.1. The van der Waals surface area contributed by atoms with Gasteiger partial charge in [0.1, 0.15) is 5.75 Å². The molecule has 2 rings (SSSR count). The number of ether oxygens (including phenoxy) is 1. The summed E-state index contributed by atoms with van der Waals surface area (Å²) in [6.45, 7) is 4.14. The van der Waals surface area contributed by atoms with Crippen molar-refractivity contribution < 1.29 is 14.3 Å². The Morgan fingerprint density at radius 1 is 1.05 bits per heavy atom. The van der Waals surface area contributed by atoms with Crippen LogP contribution in [0, 0.1) is 0 Å². The maximum Gasteiger partial charge on any atom is 0.223 e. The van der Waals surface area contributed by atoms with Crippen LogP contribution < -0.4 is 4.74 Å². The predicted octanol–water partition coefficient (Wildman–Crippen LogP) is 1.32. The summed E-state index contributed by atoms with van der Waals surface area (Å²) in [6.07, 6.45) is 1.24. The van der Waals surface area contributed by atoms with Gasteiger partial charge in [-0.1, -0.05) is 12.1 Å². The fourth-order valence-electron chi connectivity index (χ4n) is 2.47. The smallest absolute Gasteiger partial charge is 0.223 e. The van der Waals surface area contributed by atoms with Crippen LogP contribution >= 0.6 is 0 Å². The van der Waals surface area contributed by atoms with Crippen LogP contribution in [0.3, 0.4) is 0 Å². The molecule has 1 saturated heterocycles. The molecule has 0 N–H and O–H groups in total.